The summed E-state index contributed by atoms with van der Waals surface area (Å²) in [6.45, 7) is 5.40. The maximum Gasteiger partial charge on any atom is 0.0594 e. The fourth-order valence-electron chi connectivity index (χ4n) is 1.12. The van der Waals surface area contributed by atoms with Crippen LogP contribution in [0.25, 0.3) is 0 Å². The molecule has 0 heterocycles. The van der Waals surface area contributed by atoms with Crippen molar-refractivity contribution in [2.24, 2.45) is 11.7 Å². The van der Waals surface area contributed by atoms with Gasteiger partial charge < -0.3 is 15.9 Å². The maximum atomic E-state index is 9.40. The average molecular weight is 161 g/mol. The summed E-state index contributed by atoms with van der Waals surface area (Å²) >= 11 is 0. The topological polar surface area (TPSA) is 66.5 Å². The molecule has 4 N–H and O–H groups in total. The van der Waals surface area contributed by atoms with Gasteiger partial charge in [-0.1, -0.05) is 6.92 Å². The van der Waals surface area contributed by atoms with Gasteiger partial charge in [0.1, 0.15) is 0 Å². The SMILES string of the molecule is C[C@@H](CC(C)(C)O)[C@H](N)CO. The second-order valence-electron chi connectivity index (χ2n) is 3.84. The van der Waals surface area contributed by atoms with Crippen LogP contribution >= 0.6 is 0 Å². The van der Waals surface area contributed by atoms with Crippen LogP contribution in [-0.4, -0.2) is 28.5 Å². The molecule has 0 aliphatic rings. The molecule has 0 rings (SSSR count). The molecule has 0 aromatic carbocycles. The van der Waals surface area contributed by atoms with Crippen LogP contribution in [0.3, 0.4) is 0 Å². The van der Waals surface area contributed by atoms with E-state index < -0.39 is 5.60 Å². The monoisotopic (exact) mass is 161 g/mol. The minimum absolute atomic E-state index is 0.0166. The zero-order valence-electron chi connectivity index (χ0n) is 7.54. The van der Waals surface area contributed by atoms with E-state index in [2.05, 4.69) is 0 Å². The van der Waals surface area contributed by atoms with Crippen LogP contribution in [0, 0.1) is 5.92 Å². The molecule has 0 saturated heterocycles. The molecule has 0 unspecified atom stereocenters. The lowest BCUT2D eigenvalue weighted by atomic mass is 9.90. The first-order valence-electron chi connectivity index (χ1n) is 3.95. The molecule has 0 fully saturated rings. The summed E-state index contributed by atoms with van der Waals surface area (Å²) in [5, 5.41) is 18.1. The van der Waals surface area contributed by atoms with Crippen molar-refractivity contribution < 1.29 is 10.2 Å². The smallest absolute Gasteiger partial charge is 0.0594 e. The fourth-order valence-corrected chi connectivity index (χ4v) is 1.12. The van der Waals surface area contributed by atoms with Gasteiger partial charge in [-0.25, -0.2) is 0 Å². The molecular formula is C8H19NO2. The average Bonchev–Trinajstić information content (AvgIpc) is 1.82. The predicted molar refractivity (Wildman–Crippen MR) is 45.1 cm³/mol. The summed E-state index contributed by atoms with van der Waals surface area (Å²) in [6, 6.07) is -0.221. The number of nitrogens with two attached hydrogens (primary N) is 1. The third-order valence-electron chi connectivity index (χ3n) is 1.76. The summed E-state index contributed by atoms with van der Waals surface area (Å²) < 4.78 is 0. The standard InChI is InChI=1S/C8H19NO2/c1-6(7(9)5-10)4-8(2,3)11/h6-7,10-11H,4-5,9H2,1-3H3/t6-,7+/m0/s1. The molecule has 0 spiro atoms. The summed E-state index contributed by atoms with van der Waals surface area (Å²) in [4.78, 5) is 0. The van der Waals surface area contributed by atoms with Crippen LogP contribution in [0.2, 0.25) is 0 Å². The van der Waals surface area contributed by atoms with Gasteiger partial charge in [0.2, 0.25) is 0 Å². The van der Waals surface area contributed by atoms with Crippen molar-refractivity contribution in [3.8, 4) is 0 Å². The van der Waals surface area contributed by atoms with Crippen LogP contribution < -0.4 is 5.73 Å². The Balaban J connectivity index is 3.77. The number of hydrogen-bond donors (Lipinski definition) is 3. The number of aliphatic hydroxyl groups excluding tert-OH is 1. The quantitative estimate of drug-likeness (QED) is 0.548. The van der Waals surface area contributed by atoms with Crippen molar-refractivity contribution in [1.82, 2.24) is 0 Å². The molecule has 0 bridgehead atoms. The molecule has 0 aromatic heterocycles. The summed E-state index contributed by atoms with van der Waals surface area (Å²) in [5.74, 6) is 0.153. The maximum absolute atomic E-state index is 9.40. The molecule has 0 aromatic rings. The van der Waals surface area contributed by atoms with Gasteiger partial charge in [0.25, 0.3) is 0 Å². The van der Waals surface area contributed by atoms with Gasteiger partial charge in [0.05, 0.1) is 12.2 Å². The first-order valence-corrected chi connectivity index (χ1v) is 3.95. The molecule has 3 heteroatoms. The van der Waals surface area contributed by atoms with Gasteiger partial charge in [0.15, 0.2) is 0 Å². The van der Waals surface area contributed by atoms with E-state index in [1.54, 1.807) is 13.8 Å². The lowest BCUT2D eigenvalue weighted by molar-refractivity contribution is 0.0470. The molecule has 0 aliphatic heterocycles. The van der Waals surface area contributed by atoms with E-state index >= 15 is 0 Å². The summed E-state index contributed by atoms with van der Waals surface area (Å²) in [7, 11) is 0. The van der Waals surface area contributed by atoms with Crippen LogP contribution in [0.5, 0.6) is 0 Å². The normalized spacial score (nSPS) is 18.0. The van der Waals surface area contributed by atoms with Crippen molar-refractivity contribution in [1.29, 1.82) is 0 Å². The number of hydrogen-bond acceptors (Lipinski definition) is 3. The van der Waals surface area contributed by atoms with E-state index in [0.717, 1.165) is 0 Å². The van der Waals surface area contributed by atoms with Gasteiger partial charge >= 0.3 is 0 Å². The Kier molecular flexibility index (Phi) is 4.00. The minimum atomic E-state index is -0.688. The molecule has 3 nitrogen and oxygen atoms in total. The molecule has 0 aliphatic carbocycles. The Morgan fingerprint density at radius 1 is 1.45 bits per heavy atom. The molecule has 0 radical (unpaired) electrons. The highest BCUT2D eigenvalue weighted by Crippen LogP contribution is 2.17. The van der Waals surface area contributed by atoms with Crippen molar-refractivity contribution in [3.63, 3.8) is 0 Å². The van der Waals surface area contributed by atoms with E-state index in [1.165, 1.54) is 0 Å². The van der Waals surface area contributed by atoms with Crippen LogP contribution in [0.15, 0.2) is 0 Å². The Hall–Kier alpha value is -0.120. The summed E-state index contributed by atoms with van der Waals surface area (Å²) in [5.41, 5.74) is 4.87. The van der Waals surface area contributed by atoms with Crippen LogP contribution in [0.4, 0.5) is 0 Å². The zero-order chi connectivity index (χ0) is 9.07. The third-order valence-corrected chi connectivity index (χ3v) is 1.76. The second-order valence-corrected chi connectivity index (χ2v) is 3.84. The van der Waals surface area contributed by atoms with Gasteiger partial charge in [-0.2, -0.15) is 0 Å². The molecule has 2 atom stereocenters. The minimum Gasteiger partial charge on any atom is -0.395 e. The third kappa shape index (κ3) is 5.18. The Morgan fingerprint density at radius 2 is 1.91 bits per heavy atom. The van der Waals surface area contributed by atoms with Crippen molar-refractivity contribution in [3.05, 3.63) is 0 Å². The van der Waals surface area contributed by atoms with E-state index in [1.807, 2.05) is 6.92 Å². The van der Waals surface area contributed by atoms with Crippen molar-refractivity contribution >= 4 is 0 Å². The van der Waals surface area contributed by atoms with Crippen LogP contribution in [-0.2, 0) is 0 Å². The Morgan fingerprint density at radius 3 is 2.18 bits per heavy atom. The highest BCUT2D eigenvalue weighted by molar-refractivity contribution is 4.75. The number of rotatable bonds is 4. The van der Waals surface area contributed by atoms with E-state index in [-0.39, 0.29) is 18.6 Å². The van der Waals surface area contributed by atoms with Gasteiger partial charge in [-0.3, -0.25) is 0 Å². The van der Waals surface area contributed by atoms with E-state index in [4.69, 9.17) is 10.8 Å². The molecular weight excluding hydrogens is 142 g/mol. The predicted octanol–water partition coefficient (Wildman–Crippen LogP) is 0.103. The summed E-state index contributed by atoms with van der Waals surface area (Å²) in [6.07, 6.45) is 0.620. The molecule has 68 valence electrons. The Bertz CT molecular complexity index is 109. The lowest BCUT2D eigenvalue weighted by Crippen LogP contribution is -2.36. The van der Waals surface area contributed by atoms with Crippen LogP contribution in [0.1, 0.15) is 27.2 Å². The zero-order valence-corrected chi connectivity index (χ0v) is 7.54. The van der Waals surface area contributed by atoms with E-state index in [9.17, 15) is 5.11 Å². The van der Waals surface area contributed by atoms with Gasteiger partial charge in [-0.05, 0) is 26.2 Å². The molecule has 0 amide bonds. The number of aliphatic hydroxyl groups is 2. The Labute approximate surface area is 68.2 Å². The second kappa shape index (κ2) is 4.04. The lowest BCUT2D eigenvalue weighted by Gasteiger charge is -2.25. The fraction of sp³-hybridized carbons (Fsp3) is 1.00. The molecule has 11 heavy (non-hydrogen) atoms. The van der Waals surface area contributed by atoms with Crippen molar-refractivity contribution in [2.45, 2.75) is 38.8 Å². The highest BCUT2D eigenvalue weighted by atomic mass is 16.3. The first-order chi connectivity index (χ1) is 4.87. The first kappa shape index (κ1) is 10.9. The van der Waals surface area contributed by atoms with Gasteiger partial charge in [0, 0.05) is 6.04 Å². The highest BCUT2D eigenvalue weighted by Gasteiger charge is 2.20. The molecule has 0 saturated carbocycles. The van der Waals surface area contributed by atoms with Gasteiger partial charge in [-0.15, -0.1) is 0 Å². The van der Waals surface area contributed by atoms with E-state index in [0.29, 0.717) is 6.42 Å². The van der Waals surface area contributed by atoms with Crippen molar-refractivity contribution in [2.75, 3.05) is 6.61 Å². The largest absolute Gasteiger partial charge is 0.395 e.